The monoisotopic (exact) mass is 440 g/mol. The summed E-state index contributed by atoms with van der Waals surface area (Å²) in [6.45, 7) is 2.30. The Kier molecular flexibility index (Phi) is 6.31. The van der Waals surface area contributed by atoms with Crippen LogP contribution in [0.4, 0.5) is 5.69 Å². The second-order valence-corrected chi connectivity index (χ2v) is 9.41. The number of aromatic nitrogens is 2. The van der Waals surface area contributed by atoms with Crippen LogP contribution >= 0.6 is 0 Å². The maximum Gasteiger partial charge on any atom is 0.315 e. The first-order valence-corrected chi connectivity index (χ1v) is 11.9. The molecule has 0 saturated carbocycles. The minimum absolute atomic E-state index is 0.0427. The van der Waals surface area contributed by atoms with Crippen LogP contribution in [-0.2, 0) is 22.0 Å². The zero-order chi connectivity index (χ0) is 21.7. The van der Waals surface area contributed by atoms with Crippen molar-refractivity contribution in [3.63, 3.8) is 0 Å². The lowest BCUT2D eigenvalue weighted by molar-refractivity contribution is 0.0909. The Hall–Kier alpha value is -3.20. The van der Waals surface area contributed by atoms with E-state index in [2.05, 4.69) is 38.6 Å². The van der Waals surface area contributed by atoms with Crippen molar-refractivity contribution in [3.8, 4) is 0 Å². The average Bonchev–Trinajstić information content (AvgIpc) is 3.25. The first-order valence-electron chi connectivity index (χ1n) is 10.2. The topological polar surface area (TPSA) is 105 Å². The lowest BCUT2D eigenvalue weighted by Gasteiger charge is -2.31. The Morgan fingerprint density at radius 1 is 1.10 bits per heavy atom. The van der Waals surface area contributed by atoms with Crippen molar-refractivity contribution in [2.75, 3.05) is 24.5 Å². The van der Waals surface area contributed by atoms with Crippen LogP contribution in [0.25, 0.3) is 0 Å². The minimum Gasteiger partial charge on any atom is -0.371 e. The van der Waals surface area contributed by atoms with Gasteiger partial charge in [0.05, 0.1) is 4.90 Å². The number of sulfone groups is 1. The van der Waals surface area contributed by atoms with E-state index < -0.39 is 21.5 Å². The second-order valence-electron chi connectivity index (χ2n) is 7.42. The Balaban J connectivity index is 1.27. The lowest BCUT2D eigenvalue weighted by Crippen LogP contribution is -2.33. The van der Waals surface area contributed by atoms with E-state index in [0.29, 0.717) is 6.54 Å². The molecule has 1 amide bonds. The quantitative estimate of drug-likeness (QED) is 0.537. The van der Waals surface area contributed by atoms with Gasteiger partial charge in [-0.15, -0.1) is 0 Å². The molecule has 162 valence electrons. The third-order valence-corrected chi connectivity index (χ3v) is 6.81. The standard InChI is InChI=1S/C22H24N4O4S/c27-21(23-13-7-15-26-14-6-9-17-8-4-5-12-19(17)26)22-24-20(25-30-22)16-31(28,29)18-10-2-1-3-11-18/h1-5,8,10-12H,6-7,9,13-16H2,(H,23,27). The zero-order valence-electron chi connectivity index (χ0n) is 17.0. The molecule has 0 unspecified atom stereocenters. The molecule has 2 heterocycles. The van der Waals surface area contributed by atoms with Crippen molar-refractivity contribution in [2.45, 2.75) is 29.9 Å². The summed E-state index contributed by atoms with van der Waals surface area (Å²) in [5, 5.41) is 6.40. The van der Waals surface area contributed by atoms with Gasteiger partial charge in [-0.3, -0.25) is 4.79 Å². The van der Waals surface area contributed by atoms with E-state index in [1.807, 2.05) is 6.07 Å². The number of hydrogen-bond acceptors (Lipinski definition) is 7. The van der Waals surface area contributed by atoms with Crippen LogP contribution in [0.3, 0.4) is 0 Å². The molecular weight excluding hydrogens is 416 g/mol. The number of anilines is 1. The van der Waals surface area contributed by atoms with E-state index in [1.165, 1.54) is 23.4 Å². The van der Waals surface area contributed by atoms with E-state index in [9.17, 15) is 13.2 Å². The Labute approximate surface area is 181 Å². The summed E-state index contributed by atoms with van der Waals surface area (Å²) in [5.74, 6) is -1.21. The van der Waals surface area contributed by atoms with Gasteiger partial charge in [-0.2, -0.15) is 4.98 Å². The summed E-state index contributed by atoms with van der Waals surface area (Å²) >= 11 is 0. The highest BCUT2D eigenvalue weighted by Gasteiger charge is 2.21. The van der Waals surface area contributed by atoms with Crippen molar-refractivity contribution < 1.29 is 17.7 Å². The first kappa shape index (κ1) is 21.0. The molecule has 1 aliphatic rings. The highest BCUT2D eigenvalue weighted by molar-refractivity contribution is 7.90. The van der Waals surface area contributed by atoms with E-state index in [4.69, 9.17) is 4.52 Å². The van der Waals surface area contributed by atoms with E-state index in [-0.39, 0.29) is 16.6 Å². The van der Waals surface area contributed by atoms with Gasteiger partial charge in [0.2, 0.25) is 0 Å². The van der Waals surface area contributed by atoms with Gasteiger partial charge in [-0.25, -0.2) is 8.42 Å². The van der Waals surface area contributed by atoms with E-state index in [0.717, 1.165) is 32.4 Å². The number of para-hydroxylation sites is 1. The van der Waals surface area contributed by atoms with Crippen LogP contribution in [0.1, 0.15) is 34.9 Å². The molecule has 0 atom stereocenters. The molecule has 1 aliphatic heterocycles. The number of nitrogens with one attached hydrogen (secondary N) is 1. The molecular formula is C22H24N4O4S. The zero-order valence-corrected chi connectivity index (χ0v) is 17.8. The Bertz CT molecular complexity index is 1150. The van der Waals surface area contributed by atoms with Crippen molar-refractivity contribution in [1.29, 1.82) is 0 Å². The van der Waals surface area contributed by atoms with Crippen molar-refractivity contribution >= 4 is 21.4 Å². The maximum atomic E-state index is 12.4. The number of hydrogen-bond donors (Lipinski definition) is 1. The summed E-state index contributed by atoms with van der Waals surface area (Å²) in [7, 11) is -3.61. The summed E-state index contributed by atoms with van der Waals surface area (Å²) in [4.78, 5) is 18.7. The molecule has 0 spiro atoms. The molecule has 1 N–H and O–H groups in total. The predicted octanol–water partition coefficient (Wildman–Crippen LogP) is 2.62. The smallest absolute Gasteiger partial charge is 0.315 e. The van der Waals surface area contributed by atoms with Gasteiger partial charge in [0.15, 0.2) is 15.7 Å². The minimum atomic E-state index is -3.61. The second kappa shape index (κ2) is 9.30. The largest absolute Gasteiger partial charge is 0.371 e. The number of carbonyl (C=O) groups is 1. The maximum absolute atomic E-state index is 12.4. The number of benzene rings is 2. The first-order chi connectivity index (χ1) is 15.0. The van der Waals surface area contributed by atoms with Crippen LogP contribution in [0.2, 0.25) is 0 Å². The number of fused-ring (bicyclic) bond motifs is 1. The molecule has 9 heteroatoms. The van der Waals surface area contributed by atoms with Gasteiger partial charge in [0.1, 0.15) is 5.75 Å². The van der Waals surface area contributed by atoms with Crippen molar-refractivity contribution in [2.24, 2.45) is 0 Å². The van der Waals surface area contributed by atoms with Gasteiger partial charge in [0.25, 0.3) is 0 Å². The third-order valence-electron chi connectivity index (χ3n) is 5.18. The molecule has 0 fully saturated rings. The summed E-state index contributed by atoms with van der Waals surface area (Å²) < 4.78 is 29.8. The summed E-state index contributed by atoms with van der Waals surface area (Å²) in [6.07, 6.45) is 2.99. The van der Waals surface area contributed by atoms with Gasteiger partial charge in [-0.05, 0) is 43.0 Å². The molecule has 2 aromatic carbocycles. The fourth-order valence-corrected chi connectivity index (χ4v) is 4.87. The molecule has 0 bridgehead atoms. The molecule has 0 radical (unpaired) electrons. The van der Waals surface area contributed by atoms with Gasteiger partial charge in [0, 0.05) is 25.3 Å². The fourth-order valence-electron chi connectivity index (χ4n) is 3.68. The normalized spacial score (nSPS) is 13.6. The Morgan fingerprint density at radius 3 is 2.71 bits per heavy atom. The van der Waals surface area contributed by atoms with Crippen LogP contribution in [0.5, 0.6) is 0 Å². The van der Waals surface area contributed by atoms with Crippen LogP contribution in [-0.4, -0.2) is 44.1 Å². The van der Waals surface area contributed by atoms with Gasteiger partial charge in [-0.1, -0.05) is 41.6 Å². The summed E-state index contributed by atoms with van der Waals surface area (Å²) in [6, 6.07) is 16.4. The molecule has 4 rings (SSSR count). The number of nitrogens with zero attached hydrogens (tertiary/aromatic N) is 3. The lowest BCUT2D eigenvalue weighted by atomic mass is 10.0. The predicted molar refractivity (Wildman–Crippen MR) is 116 cm³/mol. The van der Waals surface area contributed by atoms with Crippen molar-refractivity contribution in [3.05, 3.63) is 71.9 Å². The van der Waals surface area contributed by atoms with E-state index >= 15 is 0 Å². The molecule has 1 aromatic heterocycles. The van der Waals surface area contributed by atoms with Crippen LogP contribution < -0.4 is 10.2 Å². The molecule has 31 heavy (non-hydrogen) atoms. The number of amides is 1. The van der Waals surface area contributed by atoms with Gasteiger partial charge < -0.3 is 14.7 Å². The van der Waals surface area contributed by atoms with E-state index in [1.54, 1.807) is 18.2 Å². The molecule has 0 aliphatic carbocycles. The molecule has 8 nitrogen and oxygen atoms in total. The highest BCUT2D eigenvalue weighted by Crippen LogP contribution is 2.26. The molecule has 3 aromatic rings. The van der Waals surface area contributed by atoms with Crippen molar-refractivity contribution in [1.82, 2.24) is 15.5 Å². The number of carbonyl (C=O) groups excluding carboxylic acids is 1. The van der Waals surface area contributed by atoms with Crippen LogP contribution in [0, 0.1) is 0 Å². The fraction of sp³-hybridized carbons (Fsp3) is 0.318. The highest BCUT2D eigenvalue weighted by atomic mass is 32.2. The molecule has 0 saturated heterocycles. The third kappa shape index (κ3) is 5.11. The SMILES string of the molecule is O=C(NCCCN1CCCc2ccccc21)c1nc(CS(=O)(=O)c2ccccc2)no1. The van der Waals surface area contributed by atoms with Crippen LogP contribution in [0.15, 0.2) is 64.0 Å². The number of rotatable bonds is 8. The van der Waals surface area contributed by atoms with Gasteiger partial charge >= 0.3 is 11.8 Å². The summed E-state index contributed by atoms with van der Waals surface area (Å²) in [5.41, 5.74) is 2.63. The average molecular weight is 441 g/mol. The number of aryl methyl sites for hydroxylation is 1. The Morgan fingerprint density at radius 2 is 1.87 bits per heavy atom.